The fraction of sp³-hybridized carbons (Fsp3) is 0.429. The largest absolute Gasteiger partial charge is 0.495 e. The maximum Gasteiger partial charge on any atom is 0.147 e. The van der Waals surface area contributed by atoms with Gasteiger partial charge in [-0.15, -0.1) is 0 Å². The van der Waals surface area contributed by atoms with Gasteiger partial charge in [0.25, 0.3) is 0 Å². The van der Waals surface area contributed by atoms with Crippen LogP contribution in [-0.4, -0.2) is 11.7 Å². The minimum absolute atomic E-state index is 0.587. The first kappa shape index (κ1) is 11.2. The third kappa shape index (κ3) is 1.63. The van der Waals surface area contributed by atoms with E-state index in [1.165, 1.54) is 5.56 Å². The highest BCUT2D eigenvalue weighted by Gasteiger charge is 2.40. The number of aliphatic hydroxyl groups is 1. The van der Waals surface area contributed by atoms with Crippen LogP contribution < -0.4 is 0 Å². The van der Waals surface area contributed by atoms with E-state index in [2.05, 4.69) is 6.07 Å². The van der Waals surface area contributed by atoms with E-state index in [0.29, 0.717) is 18.8 Å². The third-order valence-corrected chi connectivity index (χ3v) is 3.19. The average Bonchev–Trinajstić information content (AvgIpc) is 2.66. The van der Waals surface area contributed by atoms with Crippen LogP contribution in [0.1, 0.15) is 31.4 Å². The van der Waals surface area contributed by atoms with E-state index in [9.17, 15) is 5.11 Å². The number of fused-ring (bicyclic) bond motifs is 1. The Kier molecular flexibility index (Phi) is 3.01. The molecule has 0 bridgehead atoms. The van der Waals surface area contributed by atoms with Crippen molar-refractivity contribution in [2.45, 2.75) is 32.3 Å². The number of ether oxygens (including phenoxy) is 1. The highest BCUT2D eigenvalue weighted by atomic mass is 16.5. The Morgan fingerprint density at radius 1 is 1.50 bits per heavy atom. The SMILES string of the molecule is C/C=C(\OCC)C1(O)CCc2ccccc21. The normalized spacial score (nSPS) is 24.3. The Labute approximate surface area is 96.6 Å². The van der Waals surface area contributed by atoms with Gasteiger partial charge in [-0.2, -0.15) is 0 Å². The summed E-state index contributed by atoms with van der Waals surface area (Å²) in [5, 5.41) is 10.7. The molecule has 0 saturated carbocycles. The molecule has 1 unspecified atom stereocenters. The molecule has 1 N–H and O–H groups in total. The van der Waals surface area contributed by atoms with Crippen LogP contribution >= 0.6 is 0 Å². The molecule has 0 aromatic heterocycles. The van der Waals surface area contributed by atoms with Crippen molar-refractivity contribution >= 4 is 0 Å². The van der Waals surface area contributed by atoms with Crippen molar-refractivity contribution in [3.63, 3.8) is 0 Å². The Bertz CT molecular complexity index is 409. The Balaban J connectivity index is 2.41. The molecule has 0 fully saturated rings. The quantitative estimate of drug-likeness (QED) is 0.790. The van der Waals surface area contributed by atoms with Gasteiger partial charge in [0, 0.05) is 0 Å². The molecule has 2 rings (SSSR count). The van der Waals surface area contributed by atoms with E-state index in [0.717, 1.165) is 12.0 Å². The number of aryl methyl sites for hydroxylation is 1. The summed E-state index contributed by atoms with van der Waals surface area (Å²) in [7, 11) is 0. The minimum Gasteiger partial charge on any atom is -0.495 e. The van der Waals surface area contributed by atoms with E-state index < -0.39 is 5.60 Å². The van der Waals surface area contributed by atoms with E-state index in [1.807, 2.05) is 38.1 Å². The predicted molar refractivity (Wildman–Crippen MR) is 64.0 cm³/mol. The molecule has 1 aromatic carbocycles. The summed E-state index contributed by atoms with van der Waals surface area (Å²) >= 11 is 0. The molecule has 2 nitrogen and oxygen atoms in total. The van der Waals surface area contributed by atoms with E-state index in [4.69, 9.17) is 4.74 Å². The van der Waals surface area contributed by atoms with Crippen molar-refractivity contribution in [2.24, 2.45) is 0 Å². The van der Waals surface area contributed by atoms with Crippen LogP contribution in [0.15, 0.2) is 36.1 Å². The molecule has 0 amide bonds. The molecule has 0 aliphatic heterocycles. The van der Waals surface area contributed by atoms with Gasteiger partial charge in [0.05, 0.1) is 6.61 Å². The molecule has 0 spiro atoms. The second-order valence-electron chi connectivity index (χ2n) is 4.10. The summed E-state index contributed by atoms with van der Waals surface area (Å²) in [5.74, 6) is 0.681. The lowest BCUT2D eigenvalue weighted by Crippen LogP contribution is -2.26. The predicted octanol–water partition coefficient (Wildman–Crippen LogP) is 2.76. The molecule has 0 saturated heterocycles. The monoisotopic (exact) mass is 218 g/mol. The summed E-state index contributed by atoms with van der Waals surface area (Å²) in [6.07, 6.45) is 3.49. The molecule has 1 atom stereocenters. The number of allylic oxidation sites excluding steroid dienone is 1. The molecular formula is C14H18O2. The fourth-order valence-corrected chi connectivity index (χ4v) is 2.44. The van der Waals surface area contributed by atoms with Crippen LogP contribution in [0.4, 0.5) is 0 Å². The van der Waals surface area contributed by atoms with E-state index >= 15 is 0 Å². The lowest BCUT2D eigenvalue weighted by atomic mass is 9.93. The second-order valence-corrected chi connectivity index (χ2v) is 4.10. The number of benzene rings is 1. The molecule has 0 heterocycles. The zero-order valence-electron chi connectivity index (χ0n) is 9.86. The highest BCUT2D eigenvalue weighted by Crippen LogP contribution is 2.42. The van der Waals surface area contributed by atoms with Gasteiger partial charge >= 0.3 is 0 Å². The van der Waals surface area contributed by atoms with Crippen molar-refractivity contribution in [3.8, 4) is 0 Å². The first-order valence-corrected chi connectivity index (χ1v) is 5.82. The van der Waals surface area contributed by atoms with E-state index in [1.54, 1.807) is 0 Å². The van der Waals surface area contributed by atoms with Gasteiger partial charge in [-0.1, -0.05) is 24.3 Å². The van der Waals surface area contributed by atoms with Crippen LogP contribution in [0.3, 0.4) is 0 Å². The van der Waals surface area contributed by atoms with Gasteiger partial charge in [0.1, 0.15) is 11.4 Å². The van der Waals surface area contributed by atoms with Gasteiger partial charge in [-0.05, 0) is 43.9 Å². The summed E-state index contributed by atoms with van der Waals surface area (Å²) in [6, 6.07) is 8.05. The third-order valence-electron chi connectivity index (χ3n) is 3.19. The van der Waals surface area contributed by atoms with Crippen molar-refractivity contribution < 1.29 is 9.84 Å². The Morgan fingerprint density at radius 3 is 2.94 bits per heavy atom. The van der Waals surface area contributed by atoms with Crippen LogP contribution in [0, 0.1) is 0 Å². The van der Waals surface area contributed by atoms with Gasteiger partial charge in [-0.3, -0.25) is 0 Å². The minimum atomic E-state index is -0.915. The number of hydrogen-bond acceptors (Lipinski definition) is 2. The van der Waals surface area contributed by atoms with Gasteiger partial charge in [-0.25, -0.2) is 0 Å². The van der Waals surface area contributed by atoms with Gasteiger partial charge < -0.3 is 9.84 Å². The van der Waals surface area contributed by atoms with Crippen LogP contribution in [0.5, 0.6) is 0 Å². The number of rotatable bonds is 3. The van der Waals surface area contributed by atoms with Crippen molar-refractivity contribution in [1.29, 1.82) is 0 Å². The Morgan fingerprint density at radius 2 is 2.25 bits per heavy atom. The lowest BCUT2D eigenvalue weighted by Gasteiger charge is -2.26. The zero-order chi connectivity index (χ0) is 11.6. The lowest BCUT2D eigenvalue weighted by molar-refractivity contribution is 0.0101. The van der Waals surface area contributed by atoms with Gasteiger partial charge in [0.15, 0.2) is 0 Å². The smallest absolute Gasteiger partial charge is 0.147 e. The Hall–Kier alpha value is -1.28. The molecule has 1 aliphatic carbocycles. The zero-order valence-corrected chi connectivity index (χ0v) is 9.86. The maximum atomic E-state index is 10.7. The summed E-state index contributed by atoms with van der Waals surface area (Å²) in [6.45, 7) is 4.43. The number of hydrogen-bond donors (Lipinski definition) is 1. The highest BCUT2D eigenvalue weighted by molar-refractivity contribution is 5.42. The molecular weight excluding hydrogens is 200 g/mol. The van der Waals surface area contributed by atoms with Crippen LogP contribution in [-0.2, 0) is 16.8 Å². The van der Waals surface area contributed by atoms with Crippen molar-refractivity contribution in [3.05, 3.63) is 47.2 Å². The van der Waals surface area contributed by atoms with Crippen LogP contribution in [0.2, 0.25) is 0 Å². The fourth-order valence-electron chi connectivity index (χ4n) is 2.44. The topological polar surface area (TPSA) is 29.5 Å². The second kappa shape index (κ2) is 4.30. The van der Waals surface area contributed by atoms with Crippen LogP contribution in [0.25, 0.3) is 0 Å². The first-order chi connectivity index (χ1) is 7.72. The summed E-state index contributed by atoms with van der Waals surface area (Å²) in [5.41, 5.74) is 1.31. The first-order valence-electron chi connectivity index (χ1n) is 5.82. The molecule has 1 aromatic rings. The molecule has 0 radical (unpaired) electrons. The maximum absolute atomic E-state index is 10.7. The molecule has 86 valence electrons. The van der Waals surface area contributed by atoms with Gasteiger partial charge in [0.2, 0.25) is 0 Å². The van der Waals surface area contributed by atoms with Crippen molar-refractivity contribution in [1.82, 2.24) is 0 Å². The summed E-state index contributed by atoms with van der Waals surface area (Å²) < 4.78 is 5.55. The molecule has 16 heavy (non-hydrogen) atoms. The summed E-state index contributed by atoms with van der Waals surface area (Å²) in [4.78, 5) is 0. The molecule has 1 aliphatic rings. The molecule has 2 heteroatoms. The average molecular weight is 218 g/mol. The standard InChI is InChI=1S/C14H18O2/c1-3-13(16-4-2)14(15)10-9-11-7-5-6-8-12(11)14/h3,5-8,15H,4,9-10H2,1-2H3/b13-3-. The van der Waals surface area contributed by atoms with E-state index in [-0.39, 0.29) is 0 Å². The van der Waals surface area contributed by atoms with Crippen molar-refractivity contribution in [2.75, 3.05) is 6.61 Å².